The van der Waals surface area contributed by atoms with Crippen LogP contribution in [0.2, 0.25) is 0 Å². The molecule has 1 saturated carbocycles. The molecule has 0 heterocycles. The Bertz CT molecular complexity index is 390. The fraction of sp³-hybridized carbons (Fsp3) is 0.533. The topological polar surface area (TPSA) is 33.0 Å². The van der Waals surface area contributed by atoms with Gasteiger partial charge in [0.25, 0.3) is 0 Å². The molecule has 1 aliphatic carbocycles. The predicted octanol–water partition coefficient (Wildman–Crippen LogP) is 3.71. The van der Waals surface area contributed by atoms with Gasteiger partial charge in [0.05, 0.1) is 12.0 Å². The molecule has 2 atom stereocenters. The van der Waals surface area contributed by atoms with Crippen molar-refractivity contribution < 1.29 is 4.74 Å². The van der Waals surface area contributed by atoms with Crippen molar-refractivity contribution in [1.82, 2.24) is 0 Å². The van der Waals surface area contributed by atoms with E-state index >= 15 is 0 Å². The van der Waals surface area contributed by atoms with Crippen molar-refractivity contribution in [2.75, 3.05) is 0 Å². The molecule has 0 spiro atoms. The van der Waals surface area contributed by atoms with Crippen molar-refractivity contribution in [2.24, 2.45) is 5.92 Å². The summed E-state index contributed by atoms with van der Waals surface area (Å²) in [5.74, 6) is 0.962. The van der Waals surface area contributed by atoms with E-state index < -0.39 is 0 Å². The summed E-state index contributed by atoms with van der Waals surface area (Å²) in [7, 11) is 0. The zero-order valence-corrected chi connectivity index (χ0v) is 10.4. The first kappa shape index (κ1) is 12.0. The van der Waals surface area contributed by atoms with Gasteiger partial charge in [-0.15, -0.1) is 0 Å². The summed E-state index contributed by atoms with van der Waals surface area (Å²) in [5.41, 5.74) is 1.32. The minimum atomic E-state index is 0.0644. The van der Waals surface area contributed by atoms with Crippen molar-refractivity contribution in [3.63, 3.8) is 0 Å². The molecule has 0 amide bonds. The van der Waals surface area contributed by atoms with Crippen LogP contribution in [0.25, 0.3) is 0 Å². The van der Waals surface area contributed by atoms with Crippen LogP contribution in [0.3, 0.4) is 0 Å². The Morgan fingerprint density at radius 3 is 2.59 bits per heavy atom. The lowest BCUT2D eigenvalue weighted by atomic mass is 9.87. The molecule has 17 heavy (non-hydrogen) atoms. The lowest BCUT2D eigenvalue weighted by molar-refractivity contribution is 0.120. The number of rotatable bonds is 3. The van der Waals surface area contributed by atoms with E-state index in [1.54, 1.807) is 0 Å². The number of nitrogens with zero attached hydrogens (tertiary/aromatic N) is 1. The molecule has 2 heteroatoms. The van der Waals surface area contributed by atoms with Gasteiger partial charge in [-0.25, -0.2) is 0 Å². The highest BCUT2D eigenvalue weighted by Gasteiger charge is 2.26. The third-order valence-electron chi connectivity index (χ3n) is 3.49. The standard InChI is InChI=1S/C15H19NO/c1-2-12-7-9-14(10-8-12)17-15-6-4-3-5-13(15)11-16/h7-10,13,15H,2-6H2,1H3. The zero-order valence-electron chi connectivity index (χ0n) is 10.4. The second-order valence-electron chi connectivity index (χ2n) is 4.67. The highest BCUT2D eigenvalue weighted by Crippen LogP contribution is 2.28. The Hall–Kier alpha value is -1.49. The van der Waals surface area contributed by atoms with Gasteiger partial charge in [0, 0.05) is 0 Å². The summed E-state index contributed by atoms with van der Waals surface area (Å²) in [6, 6.07) is 10.6. The molecule has 1 aliphatic rings. The maximum atomic E-state index is 9.09. The Labute approximate surface area is 103 Å². The van der Waals surface area contributed by atoms with Crippen molar-refractivity contribution >= 4 is 0 Å². The van der Waals surface area contributed by atoms with E-state index in [1.807, 2.05) is 12.1 Å². The highest BCUT2D eigenvalue weighted by molar-refractivity contribution is 5.27. The molecule has 0 saturated heterocycles. The molecule has 0 bridgehead atoms. The number of hydrogen-bond acceptors (Lipinski definition) is 2. The maximum Gasteiger partial charge on any atom is 0.119 e. The van der Waals surface area contributed by atoms with E-state index in [0.717, 1.165) is 31.4 Å². The van der Waals surface area contributed by atoms with Gasteiger partial charge < -0.3 is 4.74 Å². The quantitative estimate of drug-likeness (QED) is 0.791. The van der Waals surface area contributed by atoms with E-state index in [2.05, 4.69) is 25.1 Å². The molecule has 2 rings (SSSR count). The third kappa shape index (κ3) is 3.00. The average molecular weight is 229 g/mol. The minimum Gasteiger partial charge on any atom is -0.489 e. The van der Waals surface area contributed by atoms with E-state index in [1.165, 1.54) is 12.0 Å². The number of ether oxygens (including phenoxy) is 1. The van der Waals surface area contributed by atoms with Gasteiger partial charge in [-0.1, -0.05) is 25.5 Å². The summed E-state index contributed by atoms with van der Waals surface area (Å²) >= 11 is 0. The lowest BCUT2D eigenvalue weighted by Gasteiger charge is -2.27. The summed E-state index contributed by atoms with van der Waals surface area (Å²) in [5, 5.41) is 9.09. The van der Waals surface area contributed by atoms with Crippen LogP contribution in [0, 0.1) is 17.2 Å². The fourth-order valence-electron chi connectivity index (χ4n) is 2.36. The van der Waals surface area contributed by atoms with Crippen LogP contribution >= 0.6 is 0 Å². The van der Waals surface area contributed by atoms with E-state index in [9.17, 15) is 0 Å². The average Bonchev–Trinajstić information content (AvgIpc) is 2.40. The van der Waals surface area contributed by atoms with Crippen molar-refractivity contribution in [3.8, 4) is 11.8 Å². The first-order valence-electron chi connectivity index (χ1n) is 6.48. The van der Waals surface area contributed by atoms with Crippen molar-refractivity contribution in [1.29, 1.82) is 5.26 Å². The first-order valence-corrected chi connectivity index (χ1v) is 6.48. The molecule has 1 fully saturated rings. The van der Waals surface area contributed by atoms with E-state index in [0.29, 0.717) is 0 Å². The van der Waals surface area contributed by atoms with Crippen LogP contribution in [0.5, 0.6) is 5.75 Å². The molecular formula is C15H19NO. The van der Waals surface area contributed by atoms with Crippen LogP contribution in [0.1, 0.15) is 38.2 Å². The Kier molecular flexibility index (Phi) is 4.03. The fourth-order valence-corrected chi connectivity index (χ4v) is 2.36. The van der Waals surface area contributed by atoms with Crippen LogP contribution < -0.4 is 4.74 Å². The van der Waals surface area contributed by atoms with Crippen LogP contribution in [0.4, 0.5) is 0 Å². The number of hydrogen-bond donors (Lipinski definition) is 0. The summed E-state index contributed by atoms with van der Waals surface area (Å²) in [6.45, 7) is 2.14. The highest BCUT2D eigenvalue weighted by atomic mass is 16.5. The first-order chi connectivity index (χ1) is 8.33. The van der Waals surface area contributed by atoms with E-state index in [4.69, 9.17) is 10.00 Å². The van der Waals surface area contributed by atoms with Gasteiger partial charge in [0.1, 0.15) is 11.9 Å². The van der Waals surface area contributed by atoms with E-state index in [-0.39, 0.29) is 12.0 Å². The Morgan fingerprint density at radius 2 is 1.94 bits per heavy atom. The largest absolute Gasteiger partial charge is 0.489 e. The second-order valence-corrected chi connectivity index (χ2v) is 4.67. The molecule has 0 radical (unpaired) electrons. The second kappa shape index (κ2) is 5.72. The molecule has 90 valence electrons. The van der Waals surface area contributed by atoms with Gasteiger partial charge in [-0.05, 0) is 43.4 Å². The van der Waals surface area contributed by atoms with Gasteiger partial charge in [0.15, 0.2) is 0 Å². The predicted molar refractivity (Wildman–Crippen MR) is 67.8 cm³/mol. The minimum absolute atomic E-state index is 0.0644. The van der Waals surface area contributed by atoms with Crippen LogP contribution in [0.15, 0.2) is 24.3 Å². The summed E-state index contributed by atoms with van der Waals surface area (Å²) in [4.78, 5) is 0. The van der Waals surface area contributed by atoms with Crippen LogP contribution in [-0.2, 0) is 6.42 Å². The van der Waals surface area contributed by atoms with Crippen LogP contribution in [-0.4, -0.2) is 6.10 Å². The Morgan fingerprint density at radius 1 is 1.24 bits per heavy atom. The molecule has 0 N–H and O–H groups in total. The molecule has 1 aromatic carbocycles. The normalized spacial score (nSPS) is 24.0. The van der Waals surface area contributed by atoms with Gasteiger partial charge in [0.2, 0.25) is 0 Å². The third-order valence-corrected chi connectivity index (χ3v) is 3.49. The van der Waals surface area contributed by atoms with Crippen molar-refractivity contribution in [2.45, 2.75) is 45.1 Å². The molecule has 1 aromatic rings. The Balaban J connectivity index is 2.01. The smallest absolute Gasteiger partial charge is 0.119 e. The van der Waals surface area contributed by atoms with Gasteiger partial charge >= 0.3 is 0 Å². The lowest BCUT2D eigenvalue weighted by Crippen LogP contribution is -2.29. The molecule has 0 aromatic heterocycles. The molecular weight excluding hydrogens is 210 g/mol. The zero-order chi connectivity index (χ0) is 12.1. The van der Waals surface area contributed by atoms with Gasteiger partial charge in [-0.2, -0.15) is 5.26 Å². The van der Waals surface area contributed by atoms with Crippen molar-refractivity contribution in [3.05, 3.63) is 29.8 Å². The summed E-state index contributed by atoms with van der Waals surface area (Å²) < 4.78 is 5.94. The molecule has 2 unspecified atom stereocenters. The monoisotopic (exact) mass is 229 g/mol. The number of nitriles is 1. The van der Waals surface area contributed by atoms with Gasteiger partial charge in [-0.3, -0.25) is 0 Å². The maximum absolute atomic E-state index is 9.09. The molecule has 0 aliphatic heterocycles. The SMILES string of the molecule is CCc1ccc(OC2CCCCC2C#N)cc1. The number of aryl methyl sites for hydroxylation is 1. The molecule has 2 nitrogen and oxygen atoms in total. The number of benzene rings is 1. The summed E-state index contributed by atoms with van der Waals surface area (Å²) in [6.07, 6.45) is 5.45.